The number of hydrogen-bond acceptors (Lipinski definition) is 5. The Bertz CT molecular complexity index is 706. The van der Waals surface area contributed by atoms with Crippen molar-refractivity contribution in [3.8, 4) is 0 Å². The Balaban J connectivity index is 2.01. The molecule has 1 aliphatic rings. The summed E-state index contributed by atoms with van der Waals surface area (Å²) in [4.78, 5) is 49.5. The highest BCUT2D eigenvalue weighted by Gasteiger charge is 2.49. The van der Waals surface area contributed by atoms with Gasteiger partial charge in [0.1, 0.15) is 12.1 Å². The Kier molecular flexibility index (Phi) is 5.97. The Hall–Kier alpha value is -2.90. The van der Waals surface area contributed by atoms with Gasteiger partial charge in [-0.2, -0.15) is 0 Å². The van der Waals surface area contributed by atoms with Crippen LogP contribution >= 0.6 is 0 Å². The Morgan fingerprint density at radius 2 is 1.92 bits per heavy atom. The van der Waals surface area contributed by atoms with E-state index in [9.17, 15) is 19.2 Å². The molecule has 1 aromatic carbocycles. The molecule has 1 fully saturated rings. The average Bonchev–Trinajstić information content (AvgIpc) is 2.84. The van der Waals surface area contributed by atoms with E-state index in [1.807, 2.05) is 6.92 Å². The van der Waals surface area contributed by atoms with Crippen LogP contribution in [0.4, 0.5) is 4.79 Å². The van der Waals surface area contributed by atoms with Crippen LogP contribution in [0.15, 0.2) is 30.3 Å². The number of hydrogen-bond donors (Lipinski definition) is 2. The summed E-state index contributed by atoms with van der Waals surface area (Å²) in [6, 6.07) is 8.08. The second-order valence-corrected chi connectivity index (χ2v) is 6.24. The minimum atomic E-state index is -1.25. The number of nitrogens with one attached hydrogen (secondary N) is 2. The topological polar surface area (TPSA) is 105 Å². The largest absolute Gasteiger partial charge is 0.451 e. The van der Waals surface area contributed by atoms with Gasteiger partial charge in [-0.05, 0) is 25.8 Å². The van der Waals surface area contributed by atoms with Gasteiger partial charge in [-0.3, -0.25) is 19.3 Å². The van der Waals surface area contributed by atoms with Gasteiger partial charge in [-0.15, -0.1) is 0 Å². The lowest BCUT2D eigenvalue weighted by molar-refractivity contribution is -0.156. The molecular weight excluding hydrogens is 338 g/mol. The van der Waals surface area contributed by atoms with E-state index in [0.29, 0.717) is 12.1 Å². The van der Waals surface area contributed by atoms with Gasteiger partial charge in [0.05, 0.1) is 0 Å². The molecule has 2 atom stereocenters. The summed E-state index contributed by atoms with van der Waals surface area (Å²) in [6.45, 7) is 4.83. The van der Waals surface area contributed by atoms with Crippen LogP contribution < -0.4 is 10.6 Å². The second kappa shape index (κ2) is 7.99. The van der Waals surface area contributed by atoms with Crippen molar-refractivity contribution in [3.05, 3.63) is 35.9 Å². The molecule has 1 saturated heterocycles. The van der Waals surface area contributed by atoms with Gasteiger partial charge >= 0.3 is 12.0 Å². The minimum Gasteiger partial charge on any atom is -0.451 e. The first-order chi connectivity index (χ1) is 12.3. The van der Waals surface area contributed by atoms with Gasteiger partial charge < -0.3 is 15.4 Å². The van der Waals surface area contributed by atoms with Crippen LogP contribution in [-0.2, 0) is 24.7 Å². The van der Waals surface area contributed by atoms with E-state index in [-0.39, 0.29) is 0 Å². The molecule has 0 aromatic heterocycles. The molecule has 1 heterocycles. The van der Waals surface area contributed by atoms with Crippen molar-refractivity contribution in [2.75, 3.05) is 13.1 Å². The lowest BCUT2D eigenvalue weighted by Crippen LogP contribution is -2.42. The summed E-state index contributed by atoms with van der Waals surface area (Å²) in [5.74, 6) is -1.80. The number of benzene rings is 1. The zero-order chi connectivity index (χ0) is 19.3. The van der Waals surface area contributed by atoms with Gasteiger partial charge in [-0.25, -0.2) is 4.79 Å². The first-order valence-corrected chi connectivity index (χ1v) is 8.46. The SMILES string of the molecule is CCCNC(=O)[C@H](C)OC(=O)CN1C(=O)N[C@@](C)(c2ccccc2)C1=O. The molecule has 140 valence electrons. The summed E-state index contributed by atoms with van der Waals surface area (Å²) >= 11 is 0. The molecule has 0 bridgehead atoms. The molecule has 0 saturated carbocycles. The highest BCUT2D eigenvalue weighted by Crippen LogP contribution is 2.28. The minimum absolute atomic E-state index is 0.425. The number of nitrogens with zero attached hydrogens (tertiary/aromatic N) is 1. The zero-order valence-electron chi connectivity index (χ0n) is 15.1. The molecule has 1 aliphatic heterocycles. The molecule has 4 amide bonds. The van der Waals surface area contributed by atoms with E-state index in [1.165, 1.54) is 6.92 Å². The maximum atomic E-state index is 12.7. The lowest BCUT2D eigenvalue weighted by atomic mass is 9.92. The van der Waals surface area contributed by atoms with Crippen molar-refractivity contribution < 1.29 is 23.9 Å². The second-order valence-electron chi connectivity index (χ2n) is 6.24. The smallest absolute Gasteiger partial charge is 0.327 e. The Morgan fingerprint density at radius 3 is 2.54 bits per heavy atom. The van der Waals surface area contributed by atoms with Gasteiger partial charge in [-0.1, -0.05) is 37.3 Å². The third kappa shape index (κ3) is 4.01. The molecule has 0 unspecified atom stereocenters. The van der Waals surface area contributed by atoms with Gasteiger partial charge in [0, 0.05) is 6.54 Å². The fourth-order valence-corrected chi connectivity index (χ4v) is 2.62. The molecule has 2 N–H and O–H groups in total. The number of rotatable bonds is 7. The van der Waals surface area contributed by atoms with Crippen molar-refractivity contribution in [3.63, 3.8) is 0 Å². The summed E-state index contributed by atoms with van der Waals surface area (Å²) in [7, 11) is 0. The molecular formula is C18H23N3O5. The maximum absolute atomic E-state index is 12.7. The molecule has 0 radical (unpaired) electrons. The number of carbonyl (C=O) groups is 4. The highest BCUT2D eigenvalue weighted by atomic mass is 16.5. The first kappa shape index (κ1) is 19.4. The third-order valence-corrected chi connectivity index (χ3v) is 4.14. The number of ether oxygens (including phenoxy) is 1. The van der Waals surface area contributed by atoms with Crippen molar-refractivity contribution >= 4 is 23.8 Å². The standard InChI is InChI=1S/C18H23N3O5/c1-4-10-19-15(23)12(2)26-14(22)11-21-16(24)18(3,20-17(21)25)13-8-6-5-7-9-13/h5-9,12H,4,10-11H2,1-3H3,(H,19,23)(H,20,25)/t12-,18-/m0/s1. The zero-order valence-corrected chi connectivity index (χ0v) is 15.1. The monoisotopic (exact) mass is 361 g/mol. The summed E-state index contributed by atoms with van der Waals surface area (Å²) < 4.78 is 5.02. The third-order valence-electron chi connectivity index (χ3n) is 4.14. The lowest BCUT2D eigenvalue weighted by Gasteiger charge is -2.22. The molecule has 1 aromatic rings. The number of urea groups is 1. The molecule has 0 aliphatic carbocycles. The van der Waals surface area contributed by atoms with E-state index in [4.69, 9.17) is 4.74 Å². The van der Waals surface area contributed by atoms with Crippen LogP contribution in [0, 0.1) is 0 Å². The fourth-order valence-electron chi connectivity index (χ4n) is 2.62. The fraction of sp³-hybridized carbons (Fsp3) is 0.444. The number of carbonyl (C=O) groups excluding carboxylic acids is 4. The van der Waals surface area contributed by atoms with Crippen LogP contribution in [0.5, 0.6) is 0 Å². The van der Waals surface area contributed by atoms with Crippen LogP contribution in [0.1, 0.15) is 32.8 Å². The molecule has 8 nitrogen and oxygen atoms in total. The number of esters is 1. The number of imide groups is 1. The van der Waals surface area contributed by atoms with E-state index in [0.717, 1.165) is 11.3 Å². The quantitative estimate of drug-likeness (QED) is 0.555. The predicted molar refractivity (Wildman–Crippen MR) is 92.9 cm³/mol. The summed E-state index contributed by atoms with van der Waals surface area (Å²) in [5, 5.41) is 5.21. The number of amides is 4. The molecule has 0 spiro atoms. The van der Waals surface area contributed by atoms with Crippen molar-refractivity contribution in [2.24, 2.45) is 0 Å². The van der Waals surface area contributed by atoms with Crippen LogP contribution in [0.3, 0.4) is 0 Å². The first-order valence-electron chi connectivity index (χ1n) is 8.46. The Labute approximate surface area is 151 Å². The van der Waals surface area contributed by atoms with Crippen molar-refractivity contribution in [2.45, 2.75) is 38.8 Å². The van der Waals surface area contributed by atoms with Crippen molar-refractivity contribution in [1.82, 2.24) is 15.5 Å². The van der Waals surface area contributed by atoms with E-state index < -0.39 is 42.0 Å². The maximum Gasteiger partial charge on any atom is 0.327 e. The highest BCUT2D eigenvalue weighted by molar-refractivity contribution is 6.08. The summed E-state index contributed by atoms with van der Waals surface area (Å²) in [5.41, 5.74) is -0.635. The molecule has 26 heavy (non-hydrogen) atoms. The van der Waals surface area contributed by atoms with E-state index in [1.54, 1.807) is 37.3 Å². The van der Waals surface area contributed by atoms with Gasteiger partial charge in [0.15, 0.2) is 6.10 Å². The van der Waals surface area contributed by atoms with Gasteiger partial charge in [0.25, 0.3) is 11.8 Å². The summed E-state index contributed by atoms with van der Waals surface area (Å²) in [6.07, 6.45) is -0.247. The molecule has 8 heteroatoms. The predicted octanol–water partition coefficient (Wildman–Crippen LogP) is 0.911. The van der Waals surface area contributed by atoms with Crippen LogP contribution in [0.2, 0.25) is 0 Å². The normalized spacial score (nSPS) is 20.5. The molecule has 2 rings (SSSR count). The van der Waals surface area contributed by atoms with E-state index >= 15 is 0 Å². The van der Waals surface area contributed by atoms with Crippen LogP contribution in [0.25, 0.3) is 0 Å². The van der Waals surface area contributed by atoms with Crippen LogP contribution in [-0.4, -0.2) is 47.9 Å². The van der Waals surface area contributed by atoms with Gasteiger partial charge in [0.2, 0.25) is 0 Å². The Morgan fingerprint density at radius 1 is 1.27 bits per heavy atom. The van der Waals surface area contributed by atoms with Crippen molar-refractivity contribution in [1.29, 1.82) is 0 Å². The average molecular weight is 361 g/mol. The van der Waals surface area contributed by atoms with E-state index in [2.05, 4.69) is 10.6 Å².